The fourth-order valence-electron chi connectivity index (χ4n) is 17.4. The molecule has 24 heteroatoms. The molecule has 0 aromatic heterocycles. The Balaban J connectivity index is -0.000000508. The number of hydrogen-bond donors (Lipinski definition) is 0. The van der Waals surface area contributed by atoms with E-state index in [1.54, 1.807) is 0 Å². The van der Waals surface area contributed by atoms with E-state index in [1.807, 2.05) is 0 Å². The highest BCUT2D eigenvalue weighted by Crippen LogP contribution is 2.25. The van der Waals surface area contributed by atoms with Gasteiger partial charge in [0.15, 0.2) is 0 Å². The van der Waals surface area contributed by atoms with Crippen molar-refractivity contribution in [3.8, 4) is 23.9 Å². The molecule has 0 bridgehead atoms. The third kappa shape index (κ3) is 47.9. The van der Waals surface area contributed by atoms with Crippen molar-refractivity contribution in [2.24, 2.45) is 0 Å². The normalized spacial score (nSPS) is 19.9. The van der Waals surface area contributed by atoms with Gasteiger partial charge in [0.25, 0.3) is 0 Å². The molecule has 0 aromatic rings. The standard InChI is InChI=1S/8C9H20N.4CBNO2/c8*1-3-7-10(4-2)8-5-6-9-10;4*3-1-2(4)5/h8*3-9H2,1-2H3;;;;/q8*+1;4*-2. The maximum atomic E-state index is 8.98. The summed E-state index contributed by atoms with van der Waals surface area (Å²) in [6.07, 6.45) is 34.3. The van der Waals surface area contributed by atoms with Crippen LogP contribution in [0.4, 0.5) is 0 Å². The molecule has 8 fully saturated rings. The van der Waals surface area contributed by atoms with E-state index < -0.39 is 28.5 Å². The van der Waals surface area contributed by atoms with Gasteiger partial charge in [0.2, 0.25) is 0 Å². The Morgan fingerprint density at radius 3 is 0.300 bits per heavy atom. The fourth-order valence-corrected chi connectivity index (χ4v) is 17.4. The van der Waals surface area contributed by atoms with E-state index in [-0.39, 0.29) is 0 Å². The Bertz CT molecular complexity index is 1620. The molecule has 0 saturated carbocycles. The van der Waals surface area contributed by atoms with Crippen LogP contribution in [0.2, 0.25) is 0 Å². The van der Waals surface area contributed by atoms with Crippen molar-refractivity contribution in [1.29, 1.82) is 21.0 Å². The second-order valence-electron chi connectivity index (χ2n) is 30.1. The second kappa shape index (κ2) is 63.8. The minimum absolute atomic E-state index is 0.917. The van der Waals surface area contributed by atoms with Crippen LogP contribution in [-0.4, -0.2) is 274 Å². The molecular formula is C76H160B4N12O8. The molecule has 8 rings (SSSR count). The van der Waals surface area contributed by atoms with Gasteiger partial charge in [-0.1, -0.05) is 55.4 Å². The molecule has 0 amide bonds. The molecule has 8 saturated heterocycles. The zero-order valence-electron chi connectivity index (χ0n) is 68.5. The highest BCUT2D eigenvalue weighted by atomic mass is 16.4. The minimum atomic E-state index is -2.31. The third-order valence-electron chi connectivity index (χ3n) is 23.5. The van der Waals surface area contributed by atoms with E-state index in [2.05, 4.69) is 111 Å². The van der Waals surface area contributed by atoms with E-state index in [9.17, 15) is 0 Å². The molecule has 0 radical (unpaired) electrons. The zero-order valence-corrected chi connectivity index (χ0v) is 68.5. The van der Waals surface area contributed by atoms with Crippen LogP contribution in [0.25, 0.3) is 0 Å². The summed E-state index contributed by atoms with van der Waals surface area (Å²) in [4.78, 5) is 0. The highest BCUT2D eigenvalue weighted by Gasteiger charge is 2.34. The first-order chi connectivity index (χ1) is 47.7. The van der Waals surface area contributed by atoms with Crippen molar-refractivity contribution in [2.75, 3.05) is 209 Å². The molecule has 0 N–H and O–H groups in total. The maximum absolute atomic E-state index is 8.98. The first-order valence-electron chi connectivity index (χ1n) is 41.4. The number of quaternary nitrogens is 8. The molecule has 0 spiro atoms. The van der Waals surface area contributed by atoms with Crippen LogP contribution in [0.3, 0.4) is 0 Å². The SMILES string of the molecule is CCC[N+]1(CC)CCCC1.CCC[N+]1(CC)CCCC1.CCC[N+]1(CC)CCCC1.CCC[N+]1(CC)CCCC1.CCC[N+]1(CC)CCCC1.CCC[N+]1(CC)CCCC1.CCC[N+]1(CC)CCCC1.CCC[N+]1(CC)CCCC1.N#CB([O-])[O-].N#CB([O-])[O-].N#CB([O-])[O-].N#CB([O-])[O-]. The van der Waals surface area contributed by atoms with Crippen LogP contribution in [-0.2, 0) is 0 Å². The number of rotatable bonds is 24. The molecule has 584 valence electrons. The van der Waals surface area contributed by atoms with Crippen molar-refractivity contribution >= 4 is 28.5 Å². The highest BCUT2D eigenvalue weighted by molar-refractivity contribution is 6.47. The Morgan fingerprint density at radius 2 is 0.260 bits per heavy atom. The molecule has 8 aliphatic heterocycles. The summed E-state index contributed by atoms with van der Waals surface area (Å²) in [7, 11) is -9.24. The Hall–Kier alpha value is -2.42. The van der Waals surface area contributed by atoms with Crippen LogP contribution < -0.4 is 40.2 Å². The quantitative estimate of drug-likeness (QED) is 0.0886. The summed E-state index contributed by atoms with van der Waals surface area (Å²) in [6.45, 7) is 82.4. The lowest BCUT2D eigenvalue weighted by Gasteiger charge is -2.32. The van der Waals surface area contributed by atoms with Crippen molar-refractivity contribution < 1.29 is 76.1 Å². The summed E-state index contributed by atoms with van der Waals surface area (Å²) >= 11 is 0. The van der Waals surface area contributed by atoms with Gasteiger partial charge < -0.3 is 76.1 Å². The fraction of sp³-hybridized carbons (Fsp3) is 0.947. The van der Waals surface area contributed by atoms with Gasteiger partial charge in [-0.05, 0) is 131 Å². The number of hydrogen-bond acceptors (Lipinski definition) is 12. The van der Waals surface area contributed by atoms with Crippen molar-refractivity contribution in [2.45, 2.75) is 265 Å². The van der Waals surface area contributed by atoms with E-state index in [0.717, 1.165) is 23.9 Å². The first kappa shape index (κ1) is 104. The predicted octanol–water partition coefficient (Wildman–Crippen LogP) is 5.25. The van der Waals surface area contributed by atoms with Gasteiger partial charge >= 0.3 is 0 Å². The summed E-state index contributed by atoms with van der Waals surface area (Å²) in [5.74, 6) is 3.67. The Kier molecular flexibility index (Phi) is 66.3. The van der Waals surface area contributed by atoms with Crippen LogP contribution >= 0.6 is 0 Å². The average Bonchev–Trinajstić information content (AvgIpc) is 2.79. The number of nitriles is 4. The molecule has 100 heavy (non-hydrogen) atoms. The number of likely N-dealkylation sites (tertiary alicyclic amines) is 8. The van der Waals surface area contributed by atoms with Gasteiger partial charge in [0, 0.05) is 131 Å². The zero-order chi connectivity index (χ0) is 76.7. The lowest BCUT2D eigenvalue weighted by atomic mass is 9.97. The third-order valence-corrected chi connectivity index (χ3v) is 23.5. The second-order valence-corrected chi connectivity index (χ2v) is 30.1. The van der Waals surface area contributed by atoms with Crippen LogP contribution in [0, 0.1) is 44.9 Å². The Morgan fingerprint density at radius 1 is 0.190 bits per heavy atom. The maximum Gasteiger partial charge on any atom is 0.0788 e. The molecule has 0 unspecified atom stereocenters. The summed E-state index contributed by atoms with van der Waals surface area (Å²) in [5.41, 5.74) is 0. The van der Waals surface area contributed by atoms with Crippen molar-refractivity contribution in [1.82, 2.24) is 0 Å². The van der Waals surface area contributed by atoms with Crippen molar-refractivity contribution in [3.05, 3.63) is 0 Å². The van der Waals surface area contributed by atoms with E-state index in [1.165, 1.54) is 399 Å². The molecule has 8 heterocycles. The monoisotopic (exact) mass is 1410 g/mol. The van der Waals surface area contributed by atoms with Crippen LogP contribution in [0.5, 0.6) is 0 Å². The number of nitrogens with zero attached hydrogens (tertiary/aromatic N) is 12. The van der Waals surface area contributed by atoms with Gasteiger partial charge in [-0.15, -0.1) is 0 Å². The van der Waals surface area contributed by atoms with Gasteiger partial charge in [-0.25, -0.2) is 21.0 Å². The average molecular weight is 1410 g/mol. The Labute approximate surface area is 620 Å². The predicted molar refractivity (Wildman–Crippen MR) is 405 cm³/mol. The van der Waals surface area contributed by atoms with E-state index in [0.29, 0.717) is 0 Å². The largest absolute Gasteiger partial charge is 0.881 e. The van der Waals surface area contributed by atoms with Crippen LogP contribution in [0.15, 0.2) is 0 Å². The van der Waals surface area contributed by atoms with Crippen LogP contribution in [0.1, 0.15) is 265 Å². The molecule has 0 aromatic carbocycles. The minimum Gasteiger partial charge on any atom is -0.881 e. The van der Waals surface area contributed by atoms with E-state index >= 15 is 0 Å². The van der Waals surface area contributed by atoms with E-state index in [4.69, 9.17) is 61.2 Å². The summed E-state index contributed by atoms with van der Waals surface area (Å²) in [5, 5.41) is 101. The lowest BCUT2D eigenvalue weighted by Crippen LogP contribution is -2.45. The van der Waals surface area contributed by atoms with Gasteiger partial charge in [-0.2, -0.15) is 0 Å². The molecule has 20 nitrogen and oxygen atoms in total. The molecule has 0 atom stereocenters. The topological polar surface area (TPSA) is 280 Å². The smallest absolute Gasteiger partial charge is 0.0788 e. The molecule has 0 aliphatic carbocycles. The molecule has 8 aliphatic rings. The van der Waals surface area contributed by atoms with Crippen molar-refractivity contribution in [3.63, 3.8) is 0 Å². The lowest BCUT2D eigenvalue weighted by molar-refractivity contribution is -0.915. The van der Waals surface area contributed by atoms with Gasteiger partial charge in [0.05, 0.1) is 209 Å². The first-order valence-corrected chi connectivity index (χ1v) is 41.4. The van der Waals surface area contributed by atoms with Gasteiger partial charge in [-0.3, -0.25) is 0 Å². The van der Waals surface area contributed by atoms with Gasteiger partial charge in [0.1, 0.15) is 0 Å². The summed E-state index contributed by atoms with van der Waals surface area (Å²) in [6, 6.07) is 0. The molecular weight excluding hydrogens is 1250 g/mol. The summed E-state index contributed by atoms with van der Waals surface area (Å²) < 4.78 is 11.3.